The van der Waals surface area contributed by atoms with E-state index in [1.54, 1.807) is 11.3 Å². The van der Waals surface area contributed by atoms with Crippen LogP contribution < -0.4 is 9.64 Å². The number of rotatable bonds is 5. The van der Waals surface area contributed by atoms with Gasteiger partial charge in [0.15, 0.2) is 6.10 Å². The minimum Gasteiger partial charge on any atom is -0.478 e. The van der Waals surface area contributed by atoms with E-state index in [0.717, 1.165) is 41.9 Å². The number of hydrogen-bond donors (Lipinski definition) is 0. The predicted molar refractivity (Wildman–Crippen MR) is 131 cm³/mol. The van der Waals surface area contributed by atoms with Gasteiger partial charge in [0, 0.05) is 10.9 Å². The maximum Gasteiger partial charge on any atom is 0.326 e. The van der Waals surface area contributed by atoms with Crippen molar-refractivity contribution in [3.8, 4) is 17.0 Å². The maximum absolute atomic E-state index is 13.1. The van der Waals surface area contributed by atoms with E-state index < -0.39 is 6.10 Å². The average Bonchev–Trinajstić information content (AvgIpc) is 3.21. The molecule has 0 spiro atoms. The largest absolute Gasteiger partial charge is 0.478 e. The first-order chi connectivity index (χ1) is 15.7. The van der Waals surface area contributed by atoms with Gasteiger partial charge in [0.2, 0.25) is 0 Å². The summed E-state index contributed by atoms with van der Waals surface area (Å²) in [5.41, 5.74) is 2.62. The number of nitrogens with zero attached hydrogens (tertiary/aromatic N) is 2. The van der Waals surface area contributed by atoms with Crippen molar-refractivity contribution < 1.29 is 19.1 Å². The minimum atomic E-state index is -0.597. The molecular formula is C26H34N2O4S. The van der Waals surface area contributed by atoms with E-state index in [2.05, 4.69) is 25.8 Å². The number of ether oxygens (including phenoxy) is 2. The zero-order chi connectivity index (χ0) is 23.8. The number of fused-ring (bicyclic) bond motifs is 1. The zero-order valence-corrected chi connectivity index (χ0v) is 21.0. The van der Waals surface area contributed by atoms with Gasteiger partial charge in [0.1, 0.15) is 18.4 Å². The normalized spacial score (nSPS) is 23.1. The second kappa shape index (κ2) is 9.45. The molecule has 1 atom stereocenters. The Hall–Kier alpha value is -2.41. The van der Waals surface area contributed by atoms with Crippen LogP contribution in [-0.4, -0.2) is 35.6 Å². The van der Waals surface area contributed by atoms with Crippen LogP contribution in [0.25, 0.3) is 11.3 Å². The lowest BCUT2D eigenvalue weighted by atomic mass is 9.72. The third kappa shape index (κ3) is 5.24. The van der Waals surface area contributed by atoms with Crippen molar-refractivity contribution in [1.29, 1.82) is 0 Å². The van der Waals surface area contributed by atoms with Gasteiger partial charge in [-0.05, 0) is 68.6 Å². The third-order valence-corrected chi connectivity index (χ3v) is 7.60. The molecule has 7 heteroatoms. The fourth-order valence-electron chi connectivity index (χ4n) is 4.80. The van der Waals surface area contributed by atoms with Gasteiger partial charge >= 0.3 is 5.97 Å². The lowest BCUT2D eigenvalue weighted by molar-refractivity contribution is -0.150. The average molecular weight is 471 g/mol. The van der Waals surface area contributed by atoms with E-state index in [-0.39, 0.29) is 29.9 Å². The van der Waals surface area contributed by atoms with Crippen LogP contribution in [0, 0.1) is 18.3 Å². The quantitative estimate of drug-likeness (QED) is 0.519. The monoisotopic (exact) mass is 470 g/mol. The Morgan fingerprint density at radius 3 is 2.58 bits per heavy atom. The summed E-state index contributed by atoms with van der Waals surface area (Å²) in [7, 11) is 0. The number of thiazole rings is 1. The molecule has 0 N–H and O–H groups in total. The van der Waals surface area contributed by atoms with E-state index >= 15 is 0 Å². The lowest BCUT2D eigenvalue weighted by Crippen LogP contribution is -2.48. The first kappa shape index (κ1) is 23.7. The summed E-state index contributed by atoms with van der Waals surface area (Å²) in [6.07, 6.45) is 3.76. The molecular weight excluding hydrogens is 436 g/mol. The highest BCUT2D eigenvalue weighted by molar-refractivity contribution is 7.09. The molecule has 1 aliphatic heterocycles. The Labute approximate surface area is 200 Å². The highest BCUT2D eigenvalue weighted by atomic mass is 32.1. The Bertz CT molecular complexity index is 1020. The number of carbonyl (C=O) groups excluding carboxylic acids is 2. The number of aromatic nitrogens is 1. The van der Waals surface area contributed by atoms with Gasteiger partial charge < -0.3 is 9.47 Å². The molecule has 178 valence electrons. The Balaban J connectivity index is 1.49. The smallest absolute Gasteiger partial charge is 0.326 e. The van der Waals surface area contributed by atoms with Crippen molar-refractivity contribution in [3.63, 3.8) is 0 Å². The van der Waals surface area contributed by atoms with Gasteiger partial charge in [-0.25, -0.2) is 4.98 Å². The molecule has 6 nitrogen and oxygen atoms in total. The molecule has 1 aromatic carbocycles. The topological polar surface area (TPSA) is 68.7 Å². The Morgan fingerprint density at radius 2 is 1.97 bits per heavy atom. The van der Waals surface area contributed by atoms with Gasteiger partial charge in [0.05, 0.1) is 16.4 Å². The van der Waals surface area contributed by atoms with Crippen LogP contribution in [0.1, 0.15) is 64.8 Å². The second-order valence-corrected chi connectivity index (χ2v) is 11.3. The third-order valence-electron chi connectivity index (χ3n) is 6.83. The highest BCUT2D eigenvalue weighted by Gasteiger charge is 2.36. The Kier molecular flexibility index (Phi) is 6.80. The summed E-state index contributed by atoms with van der Waals surface area (Å²) in [6, 6.07) is 5.69. The number of esters is 1. The van der Waals surface area contributed by atoms with E-state index in [4.69, 9.17) is 9.47 Å². The summed E-state index contributed by atoms with van der Waals surface area (Å²) >= 11 is 1.58. The van der Waals surface area contributed by atoms with Crippen LogP contribution in [0.3, 0.4) is 0 Å². The van der Waals surface area contributed by atoms with Gasteiger partial charge in [-0.2, -0.15) is 0 Å². The maximum atomic E-state index is 13.1. The summed E-state index contributed by atoms with van der Waals surface area (Å²) in [6.45, 7) is 10.6. The molecule has 1 unspecified atom stereocenters. The standard InChI is InChI=1S/C26H34N2O4S/c1-6-22-25(30)28(14-24(29)31-19-10-8-18(9-11-19)26(3,4)5)21-13-17(7-12-23(21)32-22)20-15-33-16(2)27-20/h7,12-13,15,18-19,22H,6,8-11,14H2,1-5H3. The number of carbonyl (C=O) groups is 2. The number of aryl methyl sites for hydroxylation is 1. The van der Waals surface area contributed by atoms with Crippen LogP contribution in [0.5, 0.6) is 5.75 Å². The van der Waals surface area contributed by atoms with Gasteiger partial charge in [-0.1, -0.05) is 27.7 Å². The van der Waals surface area contributed by atoms with E-state index in [0.29, 0.717) is 23.8 Å². The summed E-state index contributed by atoms with van der Waals surface area (Å²) in [5.74, 6) is 0.694. The molecule has 0 saturated heterocycles. The van der Waals surface area contributed by atoms with Crippen molar-refractivity contribution in [2.45, 2.75) is 78.9 Å². The first-order valence-corrected chi connectivity index (χ1v) is 12.8. The molecule has 1 amide bonds. The lowest BCUT2D eigenvalue weighted by Gasteiger charge is -2.37. The number of anilines is 1. The Morgan fingerprint density at radius 1 is 1.24 bits per heavy atom. The van der Waals surface area contributed by atoms with Crippen LogP contribution >= 0.6 is 11.3 Å². The molecule has 0 bridgehead atoms. The first-order valence-electron chi connectivity index (χ1n) is 11.9. The molecule has 1 fully saturated rings. The van der Waals surface area contributed by atoms with Crippen molar-refractivity contribution >= 4 is 28.9 Å². The fourth-order valence-corrected chi connectivity index (χ4v) is 5.42. The van der Waals surface area contributed by atoms with Crippen molar-refractivity contribution in [2.75, 3.05) is 11.4 Å². The highest BCUT2D eigenvalue weighted by Crippen LogP contribution is 2.40. The summed E-state index contributed by atoms with van der Waals surface area (Å²) < 4.78 is 11.8. The predicted octanol–water partition coefficient (Wildman–Crippen LogP) is 5.77. The molecule has 2 heterocycles. The van der Waals surface area contributed by atoms with E-state index in [1.807, 2.05) is 37.4 Å². The van der Waals surface area contributed by atoms with Crippen LogP contribution in [0.4, 0.5) is 5.69 Å². The minimum absolute atomic E-state index is 0.0713. The number of benzene rings is 1. The van der Waals surface area contributed by atoms with Crippen LogP contribution in [0.15, 0.2) is 23.6 Å². The molecule has 1 aromatic heterocycles. The second-order valence-electron chi connectivity index (χ2n) is 10.2. The SMILES string of the molecule is CCC1Oc2ccc(-c3csc(C)n3)cc2N(CC(=O)OC2CCC(C(C)(C)C)CC2)C1=O. The number of amides is 1. The van der Waals surface area contributed by atoms with Gasteiger partial charge in [-0.3, -0.25) is 14.5 Å². The number of hydrogen-bond acceptors (Lipinski definition) is 6. The molecule has 0 radical (unpaired) electrons. The summed E-state index contributed by atoms with van der Waals surface area (Å²) in [5, 5.41) is 2.96. The molecule has 2 aliphatic rings. The van der Waals surface area contributed by atoms with Gasteiger partial charge in [0.25, 0.3) is 5.91 Å². The van der Waals surface area contributed by atoms with Crippen molar-refractivity contribution in [3.05, 3.63) is 28.6 Å². The summed E-state index contributed by atoms with van der Waals surface area (Å²) in [4.78, 5) is 32.1. The molecule has 1 saturated carbocycles. The van der Waals surface area contributed by atoms with Crippen LogP contribution in [-0.2, 0) is 14.3 Å². The molecule has 2 aromatic rings. The molecule has 1 aliphatic carbocycles. The van der Waals surface area contributed by atoms with Crippen LogP contribution in [0.2, 0.25) is 0 Å². The fraction of sp³-hybridized carbons (Fsp3) is 0.577. The van der Waals surface area contributed by atoms with Crippen molar-refractivity contribution in [2.24, 2.45) is 11.3 Å². The zero-order valence-electron chi connectivity index (χ0n) is 20.2. The molecule has 33 heavy (non-hydrogen) atoms. The molecule has 4 rings (SSSR count). The van der Waals surface area contributed by atoms with Gasteiger partial charge in [-0.15, -0.1) is 11.3 Å². The van der Waals surface area contributed by atoms with Crippen molar-refractivity contribution in [1.82, 2.24) is 4.98 Å². The van der Waals surface area contributed by atoms with E-state index in [1.165, 1.54) is 4.90 Å². The van der Waals surface area contributed by atoms with E-state index in [9.17, 15) is 9.59 Å².